The number of rotatable bonds is 7. The van der Waals surface area contributed by atoms with Gasteiger partial charge in [0.1, 0.15) is 0 Å². The fourth-order valence-corrected chi connectivity index (χ4v) is 5.38. The average molecular weight is 433 g/mol. The van der Waals surface area contributed by atoms with Crippen LogP contribution in [0.5, 0.6) is 5.75 Å². The summed E-state index contributed by atoms with van der Waals surface area (Å²) < 4.78 is 56.5. The molecule has 0 saturated heterocycles. The van der Waals surface area contributed by atoms with Crippen LogP contribution in [0.2, 0.25) is 0 Å². The molecule has 0 spiro atoms. The highest BCUT2D eigenvalue weighted by molar-refractivity contribution is 6.25. The fraction of sp³-hybridized carbons (Fsp3) is 0.652. The summed E-state index contributed by atoms with van der Waals surface area (Å²) in [6, 6.07) is 2.45. The van der Waals surface area contributed by atoms with Crippen LogP contribution in [0.25, 0.3) is 0 Å². The first-order valence-corrected chi connectivity index (χ1v) is 11.1. The second-order valence-corrected chi connectivity index (χ2v) is 8.79. The quantitative estimate of drug-likeness (QED) is 0.398. The molecule has 1 nitrogen and oxygen atoms in total. The maximum absolute atomic E-state index is 14.1. The molecule has 2 fully saturated rings. The van der Waals surface area contributed by atoms with E-state index in [1.807, 2.05) is 0 Å². The Morgan fingerprint density at radius 3 is 2.14 bits per heavy atom. The molecule has 6 heteroatoms. The minimum atomic E-state index is -3.17. The van der Waals surface area contributed by atoms with Crippen molar-refractivity contribution in [3.8, 4) is 5.75 Å². The van der Waals surface area contributed by atoms with Gasteiger partial charge in [0.05, 0.1) is 0 Å². The molecule has 29 heavy (non-hydrogen) atoms. The minimum absolute atomic E-state index is 0.233. The Bertz CT molecular complexity index is 678. The van der Waals surface area contributed by atoms with Crippen LogP contribution in [0.15, 0.2) is 23.7 Å². The van der Waals surface area contributed by atoms with Crippen LogP contribution in [0.4, 0.5) is 17.6 Å². The van der Waals surface area contributed by atoms with E-state index in [0.717, 1.165) is 37.2 Å². The van der Waals surface area contributed by atoms with Gasteiger partial charge in [-0.2, -0.15) is 13.2 Å². The molecule has 0 bridgehead atoms. The summed E-state index contributed by atoms with van der Waals surface area (Å²) >= 11 is 5.69. The van der Waals surface area contributed by atoms with E-state index >= 15 is 0 Å². The molecule has 0 amide bonds. The van der Waals surface area contributed by atoms with Gasteiger partial charge < -0.3 is 4.74 Å². The smallest absolute Gasteiger partial charge is 0.387 e. The number of alkyl halides is 2. The fourth-order valence-electron chi connectivity index (χ4n) is 5.17. The van der Waals surface area contributed by atoms with Gasteiger partial charge in [-0.25, -0.2) is 4.39 Å². The molecule has 1 aromatic carbocycles. The van der Waals surface area contributed by atoms with Crippen LogP contribution in [-0.4, -0.2) is 6.61 Å². The monoisotopic (exact) mass is 432 g/mol. The summed E-state index contributed by atoms with van der Waals surface area (Å²) in [5.74, 6) is -0.394. The molecule has 1 aromatic rings. The number of ether oxygens (including phenoxy) is 1. The predicted octanol–water partition coefficient (Wildman–Crippen LogP) is 7.86. The molecule has 2 aliphatic carbocycles. The van der Waals surface area contributed by atoms with E-state index in [0.29, 0.717) is 18.3 Å². The van der Waals surface area contributed by atoms with Gasteiger partial charge in [-0.3, -0.25) is 0 Å². The largest absolute Gasteiger partial charge is 0.432 e. The Kier molecular flexibility index (Phi) is 8.28. The zero-order valence-corrected chi connectivity index (χ0v) is 17.3. The van der Waals surface area contributed by atoms with Crippen LogP contribution in [0.1, 0.15) is 63.4 Å². The lowest BCUT2D eigenvalue weighted by molar-refractivity contribution is -0.0525. The van der Waals surface area contributed by atoms with E-state index in [-0.39, 0.29) is 5.56 Å². The summed E-state index contributed by atoms with van der Waals surface area (Å²) in [5, 5.41) is 0. The van der Waals surface area contributed by atoms with Gasteiger partial charge in [0.25, 0.3) is 0 Å². The molecule has 2 saturated carbocycles. The van der Waals surface area contributed by atoms with Crippen molar-refractivity contribution in [1.29, 1.82) is 0 Å². The Labute approximate surface area is 175 Å². The molecular weight excluding hydrogens is 404 g/mol. The first-order chi connectivity index (χ1) is 14.0. The highest BCUT2D eigenvalue weighted by Crippen LogP contribution is 2.42. The van der Waals surface area contributed by atoms with E-state index in [4.69, 9.17) is 11.6 Å². The zero-order valence-electron chi connectivity index (χ0n) is 16.6. The minimum Gasteiger partial charge on any atom is -0.432 e. The Morgan fingerprint density at radius 1 is 0.931 bits per heavy atom. The van der Waals surface area contributed by atoms with Crippen LogP contribution >= 0.6 is 11.6 Å². The van der Waals surface area contributed by atoms with Crippen molar-refractivity contribution < 1.29 is 22.3 Å². The van der Waals surface area contributed by atoms with Gasteiger partial charge in [0.15, 0.2) is 11.6 Å². The van der Waals surface area contributed by atoms with Gasteiger partial charge in [-0.15, -0.1) is 0 Å². The number of benzene rings is 1. The summed E-state index contributed by atoms with van der Waals surface area (Å²) in [6.45, 7) is -3.17. The van der Waals surface area contributed by atoms with E-state index < -0.39 is 24.0 Å². The van der Waals surface area contributed by atoms with E-state index in [1.54, 1.807) is 5.54 Å². The summed E-state index contributed by atoms with van der Waals surface area (Å²) in [6.07, 6.45) is 13.0. The van der Waals surface area contributed by atoms with E-state index in [2.05, 4.69) is 10.8 Å². The van der Waals surface area contributed by atoms with Crippen LogP contribution in [0.3, 0.4) is 0 Å². The third kappa shape index (κ3) is 6.13. The van der Waals surface area contributed by atoms with Gasteiger partial charge in [-0.05, 0) is 86.7 Å². The highest BCUT2D eigenvalue weighted by Gasteiger charge is 2.30. The Morgan fingerprint density at radius 2 is 1.55 bits per heavy atom. The first kappa shape index (κ1) is 22.5. The van der Waals surface area contributed by atoms with Gasteiger partial charge in [0.2, 0.25) is 5.82 Å². The first-order valence-electron chi connectivity index (χ1n) is 10.7. The second-order valence-electron chi connectivity index (χ2n) is 8.54. The number of hydrogen-bond donors (Lipinski definition) is 0. The molecule has 0 N–H and O–H groups in total. The molecular formula is C23H29ClF4O. The van der Waals surface area contributed by atoms with Crippen LogP contribution < -0.4 is 4.74 Å². The molecule has 0 radical (unpaired) electrons. The van der Waals surface area contributed by atoms with Gasteiger partial charge >= 0.3 is 6.61 Å². The Balaban J connectivity index is 1.44. The summed E-state index contributed by atoms with van der Waals surface area (Å²) in [7, 11) is 0. The van der Waals surface area contributed by atoms with Gasteiger partial charge in [-0.1, -0.05) is 36.6 Å². The number of allylic oxidation sites excluding steroid dienone is 1. The van der Waals surface area contributed by atoms with Crippen LogP contribution in [-0.2, 0) is 6.42 Å². The van der Waals surface area contributed by atoms with Crippen molar-refractivity contribution >= 4 is 11.6 Å². The molecule has 0 aromatic heterocycles. The lowest BCUT2D eigenvalue weighted by atomic mass is 9.68. The maximum atomic E-state index is 14.1. The lowest BCUT2D eigenvalue weighted by Gasteiger charge is -2.37. The molecule has 0 atom stereocenters. The SMILES string of the molecule is Fc1c(CCC2CCC(C3CCC(C=CCl)CC3)CC2)ccc(OC(F)F)c1F. The summed E-state index contributed by atoms with van der Waals surface area (Å²) in [4.78, 5) is 0. The maximum Gasteiger partial charge on any atom is 0.387 e. The van der Waals surface area contributed by atoms with E-state index in [1.165, 1.54) is 44.6 Å². The normalized spacial score (nSPS) is 28.2. The average Bonchev–Trinajstić information content (AvgIpc) is 2.72. The Hall–Kier alpha value is -1.23. The number of hydrogen-bond acceptors (Lipinski definition) is 1. The van der Waals surface area contributed by atoms with Crippen LogP contribution in [0, 0.1) is 35.3 Å². The molecule has 0 heterocycles. The van der Waals surface area contributed by atoms with Gasteiger partial charge in [0, 0.05) is 5.54 Å². The molecule has 162 valence electrons. The topological polar surface area (TPSA) is 9.23 Å². The number of aryl methyl sites for hydroxylation is 1. The van der Waals surface area contributed by atoms with Crippen molar-refractivity contribution in [2.24, 2.45) is 23.7 Å². The third-order valence-electron chi connectivity index (χ3n) is 6.88. The molecule has 3 rings (SSSR count). The van der Waals surface area contributed by atoms with Crippen molar-refractivity contribution in [2.45, 2.75) is 70.8 Å². The van der Waals surface area contributed by atoms with Crippen molar-refractivity contribution in [3.05, 3.63) is 40.9 Å². The molecule has 0 aliphatic heterocycles. The third-order valence-corrected chi connectivity index (χ3v) is 7.03. The van der Waals surface area contributed by atoms with E-state index in [9.17, 15) is 17.6 Å². The standard InChI is InChI=1S/C23H29ClF4O/c24-14-13-16-3-8-18(9-4-16)17-6-1-15(2-7-17)5-10-19-11-12-20(29-23(27)28)22(26)21(19)25/h11-18,23H,1-10H2. The number of halogens is 5. The molecule has 2 aliphatic rings. The lowest BCUT2D eigenvalue weighted by Crippen LogP contribution is -2.25. The second kappa shape index (κ2) is 10.7. The molecule has 0 unspecified atom stereocenters. The zero-order chi connectivity index (χ0) is 20.8. The predicted molar refractivity (Wildman–Crippen MR) is 107 cm³/mol. The van der Waals surface area contributed by atoms with Crippen molar-refractivity contribution in [1.82, 2.24) is 0 Å². The highest BCUT2D eigenvalue weighted by atomic mass is 35.5. The summed E-state index contributed by atoms with van der Waals surface area (Å²) in [5.41, 5.74) is 1.88. The van der Waals surface area contributed by atoms with Crippen molar-refractivity contribution in [2.75, 3.05) is 0 Å². The van der Waals surface area contributed by atoms with Crippen molar-refractivity contribution in [3.63, 3.8) is 0 Å².